The molecule has 0 aliphatic carbocycles. The van der Waals surface area contributed by atoms with E-state index in [2.05, 4.69) is 15.4 Å². The Labute approximate surface area is 305 Å². The van der Waals surface area contributed by atoms with Gasteiger partial charge in [-0.2, -0.15) is 0 Å². The van der Waals surface area contributed by atoms with Crippen molar-refractivity contribution in [2.75, 3.05) is 40.6 Å². The van der Waals surface area contributed by atoms with E-state index in [4.69, 9.17) is 15.2 Å². The molecule has 1 saturated heterocycles. The van der Waals surface area contributed by atoms with Crippen LogP contribution in [0, 0.1) is 23.7 Å². The summed E-state index contributed by atoms with van der Waals surface area (Å²) in [7, 11) is 2.19. The van der Waals surface area contributed by atoms with Crippen LogP contribution in [0.4, 0.5) is 5.69 Å². The lowest BCUT2D eigenvalue weighted by atomic mass is 9.89. The van der Waals surface area contributed by atoms with E-state index in [9.17, 15) is 27.6 Å². The van der Waals surface area contributed by atoms with Crippen molar-refractivity contribution < 1.29 is 37.1 Å². The van der Waals surface area contributed by atoms with E-state index in [-0.39, 0.29) is 46.8 Å². The lowest BCUT2D eigenvalue weighted by molar-refractivity contribution is -0.147. The number of anilines is 1. The van der Waals surface area contributed by atoms with Crippen LogP contribution in [0.25, 0.3) is 0 Å². The Morgan fingerprint density at radius 2 is 1.55 bits per heavy atom. The number of carbonyl (C=O) groups excluding carboxylic acids is 4. The third kappa shape index (κ3) is 11.1. The highest BCUT2D eigenvalue weighted by atomic mass is 32.2. The summed E-state index contributed by atoms with van der Waals surface area (Å²) in [5.41, 5.74) is 6.06. The summed E-state index contributed by atoms with van der Waals surface area (Å²) >= 11 is 0. The number of amides is 4. The second-order valence-corrected chi connectivity index (χ2v) is 16.1. The number of methoxy groups -OCH3 is 2. The first-order chi connectivity index (χ1) is 23.9. The van der Waals surface area contributed by atoms with E-state index < -0.39 is 58.2 Å². The number of nitrogens with zero attached hydrogens (tertiary/aromatic N) is 2. The molecule has 0 aromatic heterocycles. The number of likely N-dealkylation sites (N-methyl/N-ethyl adjacent to an activating group) is 2. The zero-order valence-corrected chi connectivity index (χ0v) is 33.1. The summed E-state index contributed by atoms with van der Waals surface area (Å²) in [5.74, 6) is -2.70. The van der Waals surface area contributed by atoms with Crippen molar-refractivity contribution in [3.05, 3.63) is 24.3 Å². The number of ether oxygens (including phenoxy) is 2. The number of carbonyl (C=O) groups is 4. The number of hydrogen-bond donors (Lipinski definition) is 4. The second-order valence-electron chi connectivity index (χ2n) is 14.4. The van der Waals surface area contributed by atoms with Crippen LogP contribution in [0.15, 0.2) is 29.2 Å². The zero-order valence-electron chi connectivity index (χ0n) is 32.3. The molecule has 1 aromatic carbocycles. The molecule has 0 saturated carbocycles. The molecule has 1 aromatic rings. The van der Waals surface area contributed by atoms with Gasteiger partial charge in [0.05, 0.1) is 47.6 Å². The molecule has 2 rings (SSSR count). The SMILES string of the molecule is CC[C@H](C)[C@@H]([C@H](CC(=O)N1CCC[C@H]1[C@H](OC)[C@@H](C)C(=O)NS(=O)(=O)c1ccc(N)cc1)OC)N(C)C(=O)[C@@H](NC(=O)[C@@H](NC)C(C)C)C(C)C. The van der Waals surface area contributed by atoms with Gasteiger partial charge >= 0.3 is 0 Å². The van der Waals surface area contributed by atoms with Gasteiger partial charge in [0, 0.05) is 33.5 Å². The van der Waals surface area contributed by atoms with Gasteiger partial charge in [0.1, 0.15) is 6.04 Å². The van der Waals surface area contributed by atoms with Gasteiger partial charge < -0.3 is 35.6 Å². The van der Waals surface area contributed by atoms with Crippen molar-refractivity contribution in [1.29, 1.82) is 0 Å². The minimum absolute atomic E-state index is 0.0134. The predicted molar refractivity (Wildman–Crippen MR) is 197 cm³/mol. The van der Waals surface area contributed by atoms with Crippen molar-refractivity contribution in [1.82, 2.24) is 25.2 Å². The largest absolute Gasteiger partial charge is 0.399 e. The summed E-state index contributed by atoms with van der Waals surface area (Å²) in [6.45, 7) is 13.6. The van der Waals surface area contributed by atoms with Crippen molar-refractivity contribution in [2.24, 2.45) is 23.7 Å². The quantitative estimate of drug-likeness (QED) is 0.154. The van der Waals surface area contributed by atoms with E-state index >= 15 is 0 Å². The topological polar surface area (TPSA) is 189 Å². The van der Waals surface area contributed by atoms with Gasteiger partial charge in [-0.3, -0.25) is 19.2 Å². The van der Waals surface area contributed by atoms with Crippen LogP contribution >= 0.6 is 0 Å². The molecule has 15 heteroatoms. The van der Waals surface area contributed by atoms with E-state index in [0.29, 0.717) is 31.5 Å². The van der Waals surface area contributed by atoms with Gasteiger partial charge in [0.2, 0.25) is 23.6 Å². The molecular formula is C36H62N6O8S. The first-order valence-electron chi connectivity index (χ1n) is 17.9. The number of nitrogen functional groups attached to an aromatic ring is 1. The molecule has 51 heavy (non-hydrogen) atoms. The number of rotatable bonds is 19. The Balaban J connectivity index is 2.28. The van der Waals surface area contributed by atoms with Crippen LogP contribution < -0.4 is 21.1 Å². The molecule has 1 aliphatic rings. The number of nitrogens with two attached hydrogens (primary N) is 1. The van der Waals surface area contributed by atoms with Crippen LogP contribution in [0.1, 0.15) is 74.1 Å². The molecule has 1 fully saturated rings. The Morgan fingerprint density at radius 1 is 0.961 bits per heavy atom. The molecule has 0 unspecified atom stereocenters. The normalized spacial score (nSPS) is 19.2. The van der Waals surface area contributed by atoms with Gasteiger partial charge in [-0.25, -0.2) is 13.1 Å². The minimum atomic E-state index is -4.17. The Bertz CT molecular complexity index is 1420. The van der Waals surface area contributed by atoms with Crippen molar-refractivity contribution >= 4 is 39.3 Å². The standard InChI is InChI=1S/C36H62N6O8S/c1-12-23(6)32(41(9)36(46)31(22(4)5)39-35(45)30(38-8)21(2)3)28(49-10)20-29(43)42-19-13-14-27(42)33(50-11)24(7)34(44)40-51(47,48)26-17-15-25(37)16-18-26/h15-18,21-24,27-28,30-33,38H,12-14,19-20,37H2,1-11H3,(H,39,45)(H,40,44)/t23-,24+,27-,28-,30-,31-,32-,33+/m0/s1. The Hall–Kier alpha value is -3.27. The number of hydrogen-bond acceptors (Lipinski definition) is 10. The summed E-state index contributed by atoms with van der Waals surface area (Å²) < 4.78 is 39.7. The van der Waals surface area contributed by atoms with Gasteiger partial charge in [-0.1, -0.05) is 54.9 Å². The fourth-order valence-electron chi connectivity index (χ4n) is 6.98. The first kappa shape index (κ1) is 43.9. The number of benzene rings is 1. The van der Waals surface area contributed by atoms with Gasteiger partial charge in [-0.15, -0.1) is 0 Å². The monoisotopic (exact) mass is 738 g/mol. The van der Waals surface area contributed by atoms with Crippen molar-refractivity contribution in [2.45, 2.75) is 115 Å². The molecule has 1 aliphatic heterocycles. The minimum Gasteiger partial charge on any atom is -0.399 e. The van der Waals surface area contributed by atoms with E-state index in [1.54, 1.807) is 30.8 Å². The fraction of sp³-hybridized carbons (Fsp3) is 0.722. The highest BCUT2D eigenvalue weighted by molar-refractivity contribution is 7.90. The molecule has 290 valence electrons. The molecule has 1 heterocycles. The van der Waals surface area contributed by atoms with Gasteiger partial charge in [0.25, 0.3) is 10.0 Å². The Kier molecular flexibility index (Phi) is 16.8. The maximum atomic E-state index is 14.1. The van der Waals surface area contributed by atoms with Crippen LogP contribution in [0.2, 0.25) is 0 Å². The van der Waals surface area contributed by atoms with Crippen LogP contribution in [0.5, 0.6) is 0 Å². The van der Waals surface area contributed by atoms with Crippen LogP contribution in [-0.2, 0) is 38.7 Å². The Morgan fingerprint density at radius 3 is 2.04 bits per heavy atom. The summed E-state index contributed by atoms with van der Waals surface area (Å²) in [5, 5.41) is 5.98. The fourth-order valence-corrected chi connectivity index (χ4v) is 8.04. The van der Waals surface area contributed by atoms with Crippen molar-refractivity contribution in [3.8, 4) is 0 Å². The van der Waals surface area contributed by atoms with E-state index in [1.165, 1.54) is 38.5 Å². The lowest BCUT2D eigenvalue weighted by Crippen LogP contribution is -2.59. The smallest absolute Gasteiger partial charge is 0.264 e. The van der Waals surface area contributed by atoms with Gasteiger partial charge in [-0.05, 0) is 61.9 Å². The molecule has 4 amide bonds. The highest BCUT2D eigenvalue weighted by Crippen LogP contribution is 2.30. The zero-order chi connectivity index (χ0) is 38.8. The molecule has 0 spiro atoms. The summed E-state index contributed by atoms with van der Waals surface area (Å²) in [6, 6.07) is 3.24. The molecular weight excluding hydrogens is 676 g/mol. The summed E-state index contributed by atoms with van der Waals surface area (Å²) in [6.07, 6.45) is 0.398. The van der Waals surface area contributed by atoms with Crippen molar-refractivity contribution in [3.63, 3.8) is 0 Å². The van der Waals surface area contributed by atoms with Crippen LogP contribution in [-0.4, -0.2) is 113 Å². The first-order valence-corrected chi connectivity index (χ1v) is 19.4. The summed E-state index contributed by atoms with van der Waals surface area (Å²) in [4.78, 5) is 57.8. The second kappa shape index (κ2) is 19.5. The third-order valence-electron chi connectivity index (χ3n) is 10.2. The maximum absolute atomic E-state index is 14.1. The van der Waals surface area contributed by atoms with Crippen LogP contribution in [0.3, 0.4) is 0 Å². The number of likely N-dealkylation sites (tertiary alicyclic amines) is 1. The number of nitrogens with one attached hydrogen (secondary N) is 3. The molecule has 0 bridgehead atoms. The van der Waals surface area contributed by atoms with Gasteiger partial charge in [0.15, 0.2) is 0 Å². The predicted octanol–water partition coefficient (Wildman–Crippen LogP) is 2.38. The average Bonchev–Trinajstić information content (AvgIpc) is 3.56. The highest BCUT2D eigenvalue weighted by Gasteiger charge is 2.43. The van der Waals surface area contributed by atoms with E-state index in [0.717, 1.165) is 0 Å². The molecule has 8 atom stereocenters. The number of sulfonamides is 1. The van der Waals surface area contributed by atoms with E-state index in [1.807, 2.05) is 41.5 Å². The molecule has 14 nitrogen and oxygen atoms in total. The molecule has 5 N–H and O–H groups in total. The average molecular weight is 739 g/mol. The lowest BCUT2D eigenvalue weighted by Gasteiger charge is -2.41. The molecule has 0 radical (unpaired) electrons. The third-order valence-corrected chi connectivity index (χ3v) is 11.5. The maximum Gasteiger partial charge on any atom is 0.264 e.